The third-order valence-corrected chi connectivity index (χ3v) is 10.9. The molecule has 7 rings (SSSR count). The molecule has 2 amide bonds. The number of nitrogens with one attached hydrogen (secondary N) is 1. The molecule has 166 valence electrons. The van der Waals surface area contributed by atoms with Crippen LogP contribution in [0.5, 0.6) is 0 Å². The number of rotatable bonds is 2. The molecule has 3 aromatic rings. The molecule has 2 aliphatic heterocycles. The number of aromatic amines is 1. The van der Waals surface area contributed by atoms with E-state index in [1.807, 2.05) is 17.8 Å². The molecule has 8 heteroatoms. The molecule has 4 nitrogen and oxygen atoms in total. The van der Waals surface area contributed by atoms with E-state index >= 15 is 0 Å². The molecule has 1 saturated heterocycles. The van der Waals surface area contributed by atoms with Gasteiger partial charge in [-0.05, 0) is 66.2 Å². The second kappa shape index (κ2) is 7.10. The lowest BCUT2D eigenvalue weighted by Gasteiger charge is -2.43. The Labute approximate surface area is 203 Å². The fraction of sp³-hybridized carbons (Fsp3) is 0.320. The Morgan fingerprint density at radius 3 is 2.39 bits per heavy atom. The first-order chi connectivity index (χ1) is 16.0. The number of fused-ring (bicyclic) bond motifs is 9. The SMILES string of the molecule is O=C1C2C3CC(C2C(=O)N1c1ccc(F)cc1)C1C(c2ccccc2)c2sc(=S)[nH]c2SC31. The van der Waals surface area contributed by atoms with E-state index in [4.69, 9.17) is 12.2 Å². The van der Waals surface area contributed by atoms with Crippen molar-refractivity contribution in [2.24, 2.45) is 29.6 Å². The quantitative estimate of drug-likeness (QED) is 0.371. The molecule has 0 radical (unpaired) electrons. The van der Waals surface area contributed by atoms with Gasteiger partial charge in [0.05, 0.1) is 22.5 Å². The van der Waals surface area contributed by atoms with Crippen molar-refractivity contribution in [2.75, 3.05) is 4.90 Å². The summed E-state index contributed by atoms with van der Waals surface area (Å²) in [5.41, 5.74) is 1.72. The topological polar surface area (TPSA) is 53.2 Å². The van der Waals surface area contributed by atoms with Gasteiger partial charge < -0.3 is 4.98 Å². The van der Waals surface area contributed by atoms with Crippen molar-refractivity contribution in [3.63, 3.8) is 0 Å². The van der Waals surface area contributed by atoms with E-state index < -0.39 is 0 Å². The lowest BCUT2D eigenvalue weighted by molar-refractivity contribution is -0.123. The molecule has 2 saturated carbocycles. The van der Waals surface area contributed by atoms with Crippen LogP contribution in [0, 0.1) is 39.4 Å². The van der Waals surface area contributed by atoms with E-state index in [9.17, 15) is 14.0 Å². The van der Waals surface area contributed by atoms with Crippen LogP contribution in [0.25, 0.3) is 0 Å². The summed E-state index contributed by atoms with van der Waals surface area (Å²) in [6.07, 6.45) is 0.908. The number of hydrogen-bond acceptors (Lipinski definition) is 5. The van der Waals surface area contributed by atoms with E-state index in [1.54, 1.807) is 11.3 Å². The first-order valence-corrected chi connectivity index (χ1v) is 13.2. The fourth-order valence-electron chi connectivity index (χ4n) is 6.90. The van der Waals surface area contributed by atoms with Crippen molar-refractivity contribution >= 4 is 52.8 Å². The number of imide groups is 1. The van der Waals surface area contributed by atoms with Crippen LogP contribution in [-0.2, 0) is 9.59 Å². The van der Waals surface area contributed by atoms with Crippen molar-refractivity contribution in [1.82, 2.24) is 4.98 Å². The van der Waals surface area contributed by atoms with Crippen molar-refractivity contribution in [3.05, 3.63) is 74.8 Å². The van der Waals surface area contributed by atoms with Gasteiger partial charge in [-0.3, -0.25) is 14.5 Å². The monoisotopic (exact) mass is 494 g/mol. The Bertz CT molecular complexity index is 1350. The van der Waals surface area contributed by atoms with Crippen molar-refractivity contribution < 1.29 is 14.0 Å². The second-order valence-electron chi connectivity index (χ2n) is 9.36. The van der Waals surface area contributed by atoms with Gasteiger partial charge in [-0.15, -0.1) is 23.1 Å². The van der Waals surface area contributed by atoms with E-state index in [0.29, 0.717) is 5.69 Å². The maximum absolute atomic E-state index is 13.6. The highest BCUT2D eigenvalue weighted by molar-refractivity contribution is 8.00. The average molecular weight is 495 g/mol. The summed E-state index contributed by atoms with van der Waals surface area (Å²) in [6, 6.07) is 16.2. The molecule has 2 bridgehead atoms. The fourth-order valence-corrected chi connectivity index (χ4v) is 10.2. The summed E-state index contributed by atoms with van der Waals surface area (Å²) in [5.74, 6) is -0.460. The number of carbonyl (C=O) groups is 2. The number of anilines is 1. The molecule has 7 atom stereocenters. The van der Waals surface area contributed by atoms with Crippen LogP contribution in [0.3, 0.4) is 0 Å². The number of thiazole rings is 1. The highest BCUT2D eigenvalue weighted by atomic mass is 32.2. The molecule has 2 aliphatic carbocycles. The van der Waals surface area contributed by atoms with Gasteiger partial charge in [-0.25, -0.2) is 4.39 Å². The van der Waals surface area contributed by atoms with Crippen LogP contribution in [0.1, 0.15) is 22.8 Å². The van der Waals surface area contributed by atoms with Crippen molar-refractivity contribution in [1.29, 1.82) is 0 Å². The van der Waals surface area contributed by atoms with Gasteiger partial charge >= 0.3 is 0 Å². The largest absolute Gasteiger partial charge is 0.332 e. The number of nitrogens with zero attached hydrogens (tertiary/aromatic N) is 1. The van der Waals surface area contributed by atoms with Gasteiger partial charge in [0, 0.05) is 16.0 Å². The van der Waals surface area contributed by atoms with Crippen molar-refractivity contribution in [2.45, 2.75) is 22.6 Å². The van der Waals surface area contributed by atoms with E-state index in [0.717, 1.165) is 15.4 Å². The number of amides is 2. The third-order valence-electron chi connectivity index (χ3n) is 7.97. The summed E-state index contributed by atoms with van der Waals surface area (Å²) < 4.78 is 14.2. The number of thioether (sulfide) groups is 1. The summed E-state index contributed by atoms with van der Waals surface area (Å²) in [6.45, 7) is 0. The van der Waals surface area contributed by atoms with Gasteiger partial charge in [0.25, 0.3) is 0 Å². The number of aromatic nitrogens is 1. The van der Waals surface area contributed by atoms with Gasteiger partial charge in [-0.1, -0.05) is 30.3 Å². The average Bonchev–Trinajstić information content (AvgIpc) is 3.54. The first kappa shape index (κ1) is 20.1. The van der Waals surface area contributed by atoms with E-state index in [-0.39, 0.29) is 58.4 Å². The Hall–Kier alpha value is -2.29. The molecule has 3 fully saturated rings. The number of H-pyrrole nitrogens is 1. The highest BCUT2D eigenvalue weighted by Gasteiger charge is 2.69. The van der Waals surface area contributed by atoms with Gasteiger partial charge in [0.2, 0.25) is 11.8 Å². The Balaban J connectivity index is 1.33. The van der Waals surface area contributed by atoms with Crippen LogP contribution < -0.4 is 4.90 Å². The van der Waals surface area contributed by atoms with Gasteiger partial charge in [0.15, 0.2) is 3.95 Å². The molecule has 7 unspecified atom stereocenters. The molecule has 3 heterocycles. The molecule has 0 spiro atoms. The molecule has 33 heavy (non-hydrogen) atoms. The predicted octanol–water partition coefficient (Wildman–Crippen LogP) is 5.62. The van der Waals surface area contributed by atoms with Gasteiger partial charge in [-0.2, -0.15) is 0 Å². The van der Waals surface area contributed by atoms with Crippen LogP contribution in [0.15, 0.2) is 59.6 Å². The number of halogens is 1. The Morgan fingerprint density at radius 2 is 1.67 bits per heavy atom. The summed E-state index contributed by atoms with van der Waals surface area (Å²) in [4.78, 5) is 33.1. The molecular formula is C25H19FN2O2S3. The van der Waals surface area contributed by atoms with Gasteiger partial charge in [0.1, 0.15) is 5.82 Å². The maximum Gasteiger partial charge on any atom is 0.238 e. The van der Waals surface area contributed by atoms with Crippen LogP contribution >= 0.6 is 35.3 Å². The number of carbonyl (C=O) groups excluding carboxylic acids is 2. The van der Waals surface area contributed by atoms with Crippen LogP contribution in [0.4, 0.5) is 10.1 Å². The lowest BCUT2D eigenvalue weighted by atomic mass is 9.68. The minimum atomic E-state index is -0.380. The zero-order valence-corrected chi connectivity index (χ0v) is 19.8. The standard InChI is InChI=1S/C25H19FN2O2S3/c26-12-6-8-13(9-7-12)28-23(29)18-14-10-15(19(18)24(28)30)20-17(14)16(11-4-2-1-3-5-11)21-22(32-20)27-25(31)33-21/h1-9,14-20H,10H2,(H,27,31). The van der Waals surface area contributed by atoms with Crippen LogP contribution in [-0.4, -0.2) is 22.0 Å². The van der Waals surface area contributed by atoms with Crippen LogP contribution in [0.2, 0.25) is 0 Å². The zero-order valence-electron chi connectivity index (χ0n) is 17.3. The summed E-state index contributed by atoms with van der Waals surface area (Å²) >= 11 is 8.95. The Kier molecular flexibility index (Phi) is 4.33. The second-order valence-corrected chi connectivity index (χ2v) is 12.3. The molecule has 1 aromatic heterocycles. The number of hydrogen-bond donors (Lipinski definition) is 1. The third kappa shape index (κ3) is 2.71. The minimum Gasteiger partial charge on any atom is -0.332 e. The zero-order chi connectivity index (χ0) is 22.4. The molecule has 2 aromatic carbocycles. The lowest BCUT2D eigenvalue weighted by Crippen LogP contribution is -2.42. The predicted molar refractivity (Wildman–Crippen MR) is 128 cm³/mol. The van der Waals surface area contributed by atoms with Crippen molar-refractivity contribution in [3.8, 4) is 0 Å². The molecule has 1 N–H and O–H groups in total. The molecular weight excluding hydrogens is 475 g/mol. The Morgan fingerprint density at radius 1 is 0.970 bits per heavy atom. The van der Waals surface area contributed by atoms with E-state index in [1.165, 1.54) is 39.6 Å². The smallest absolute Gasteiger partial charge is 0.238 e. The highest BCUT2D eigenvalue weighted by Crippen LogP contribution is 2.68. The number of benzene rings is 2. The summed E-state index contributed by atoms with van der Waals surface area (Å²) in [5, 5.41) is 1.38. The normalized spacial score (nSPS) is 33.8. The first-order valence-electron chi connectivity index (χ1n) is 11.1. The molecule has 4 aliphatic rings. The minimum absolute atomic E-state index is 0.119. The van der Waals surface area contributed by atoms with E-state index in [2.05, 4.69) is 29.2 Å². The maximum atomic E-state index is 13.6. The summed E-state index contributed by atoms with van der Waals surface area (Å²) in [7, 11) is 0.